The molecule has 0 amide bonds. The molecule has 0 atom stereocenters. The maximum atomic E-state index is 12.1. The van der Waals surface area contributed by atoms with Crippen molar-refractivity contribution in [1.82, 2.24) is 4.90 Å². The molecule has 0 aromatic carbocycles. The van der Waals surface area contributed by atoms with Gasteiger partial charge in [-0.2, -0.15) is 0 Å². The van der Waals surface area contributed by atoms with Gasteiger partial charge in [-0.25, -0.2) is 4.79 Å². The molecular formula is C16H20N2O2S2. The Hall–Kier alpha value is -1.66. The topological polar surface area (TPSA) is 41.6 Å². The lowest BCUT2D eigenvalue weighted by atomic mass is 10.1. The Morgan fingerprint density at radius 1 is 1.41 bits per heavy atom. The Bertz CT molecular complexity index is 598. The van der Waals surface area contributed by atoms with Gasteiger partial charge in [-0.1, -0.05) is 12.2 Å². The molecule has 1 aliphatic rings. The van der Waals surface area contributed by atoms with E-state index in [4.69, 9.17) is 17.0 Å². The Morgan fingerprint density at radius 3 is 2.68 bits per heavy atom. The van der Waals surface area contributed by atoms with Crippen LogP contribution in [0.5, 0.6) is 0 Å². The monoisotopic (exact) mass is 336 g/mol. The molecule has 1 aromatic heterocycles. The van der Waals surface area contributed by atoms with Crippen LogP contribution in [0.4, 0.5) is 5.00 Å². The van der Waals surface area contributed by atoms with Gasteiger partial charge in [0.15, 0.2) is 5.11 Å². The minimum absolute atomic E-state index is 0.302. The highest BCUT2D eigenvalue weighted by Gasteiger charge is 2.27. The van der Waals surface area contributed by atoms with Crippen molar-refractivity contribution in [3.8, 4) is 0 Å². The molecule has 22 heavy (non-hydrogen) atoms. The third kappa shape index (κ3) is 3.39. The summed E-state index contributed by atoms with van der Waals surface area (Å²) in [7, 11) is 1.41. The molecule has 0 aliphatic heterocycles. The summed E-state index contributed by atoms with van der Waals surface area (Å²) in [5.41, 5.74) is 1.75. The number of nitrogens with one attached hydrogen (secondary N) is 1. The lowest BCUT2D eigenvalue weighted by molar-refractivity contribution is 0.0601. The zero-order valence-electron chi connectivity index (χ0n) is 12.7. The molecule has 1 heterocycles. The predicted molar refractivity (Wildman–Crippen MR) is 95.9 cm³/mol. The van der Waals surface area contributed by atoms with E-state index < -0.39 is 0 Å². The second-order valence-corrected chi connectivity index (χ2v) is 6.46. The van der Waals surface area contributed by atoms with Crippen LogP contribution < -0.4 is 5.32 Å². The highest BCUT2D eigenvalue weighted by atomic mass is 32.1. The van der Waals surface area contributed by atoms with E-state index in [1.165, 1.54) is 12.0 Å². The maximum Gasteiger partial charge on any atom is 0.341 e. The molecular weight excluding hydrogens is 316 g/mol. The van der Waals surface area contributed by atoms with Gasteiger partial charge in [-0.15, -0.1) is 24.5 Å². The standard InChI is InChI=1S/C16H20N2O2S2/c1-4-9-18(10-5-2)16(21)17-14-13(15(19)20-3)11-7-6-8-12(11)22-14/h4-5H,1-2,6-10H2,3H3,(H,17,21). The molecule has 0 unspecified atom stereocenters. The molecule has 1 aromatic rings. The first kappa shape index (κ1) is 16.7. The fourth-order valence-corrected chi connectivity index (χ4v) is 4.13. The number of thiocarbonyl (C=S) groups is 1. The van der Waals surface area contributed by atoms with E-state index in [-0.39, 0.29) is 5.97 Å². The van der Waals surface area contributed by atoms with E-state index in [1.54, 1.807) is 23.5 Å². The van der Waals surface area contributed by atoms with Gasteiger partial charge in [0, 0.05) is 18.0 Å². The highest BCUT2D eigenvalue weighted by molar-refractivity contribution is 7.80. The second-order valence-electron chi connectivity index (χ2n) is 4.97. The van der Waals surface area contributed by atoms with E-state index in [0.29, 0.717) is 23.8 Å². The van der Waals surface area contributed by atoms with Crippen LogP contribution in [0.1, 0.15) is 27.2 Å². The van der Waals surface area contributed by atoms with Crippen LogP contribution in [-0.2, 0) is 17.6 Å². The van der Waals surface area contributed by atoms with E-state index in [0.717, 1.165) is 29.8 Å². The molecule has 0 saturated heterocycles. The Morgan fingerprint density at radius 2 is 2.09 bits per heavy atom. The minimum Gasteiger partial charge on any atom is -0.465 e. The van der Waals surface area contributed by atoms with Crippen LogP contribution in [0.15, 0.2) is 25.3 Å². The van der Waals surface area contributed by atoms with Crippen molar-refractivity contribution in [2.45, 2.75) is 19.3 Å². The van der Waals surface area contributed by atoms with Crippen LogP contribution in [0, 0.1) is 0 Å². The summed E-state index contributed by atoms with van der Waals surface area (Å²) in [6.45, 7) is 8.72. The van der Waals surface area contributed by atoms with Crippen LogP contribution in [0.25, 0.3) is 0 Å². The van der Waals surface area contributed by atoms with Crippen LogP contribution >= 0.6 is 23.6 Å². The van der Waals surface area contributed by atoms with Crippen LogP contribution in [0.2, 0.25) is 0 Å². The molecule has 1 aliphatic carbocycles. The van der Waals surface area contributed by atoms with Crippen molar-refractivity contribution in [3.05, 3.63) is 41.3 Å². The fourth-order valence-electron chi connectivity index (χ4n) is 2.54. The van der Waals surface area contributed by atoms with Crippen molar-refractivity contribution in [2.75, 3.05) is 25.5 Å². The average molecular weight is 336 g/mol. The number of rotatable bonds is 6. The normalized spacial score (nSPS) is 12.4. The quantitative estimate of drug-likeness (QED) is 0.490. The first-order valence-corrected chi connectivity index (χ1v) is 8.35. The van der Waals surface area contributed by atoms with Gasteiger partial charge >= 0.3 is 5.97 Å². The molecule has 0 fully saturated rings. The Balaban J connectivity index is 2.25. The van der Waals surface area contributed by atoms with Crippen LogP contribution in [0.3, 0.4) is 0 Å². The van der Waals surface area contributed by atoms with Crippen molar-refractivity contribution in [3.63, 3.8) is 0 Å². The van der Waals surface area contributed by atoms with Crippen LogP contribution in [-0.4, -0.2) is 36.2 Å². The van der Waals surface area contributed by atoms with Gasteiger partial charge in [0.05, 0.1) is 12.7 Å². The van der Waals surface area contributed by atoms with Crippen molar-refractivity contribution in [1.29, 1.82) is 0 Å². The zero-order valence-corrected chi connectivity index (χ0v) is 14.3. The number of carbonyl (C=O) groups is 1. The van der Waals surface area contributed by atoms with E-state index in [9.17, 15) is 4.79 Å². The van der Waals surface area contributed by atoms with Gasteiger partial charge in [0.2, 0.25) is 0 Å². The molecule has 0 radical (unpaired) electrons. The lowest BCUT2D eigenvalue weighted by Crippen LogP contribution is -2.35. The SMILES string of the molecule is C=CCN(CC=C)C(=S)Nc1sc2c(c1C(=O)OC)CCC2. The van der Waals surface area contributed by atoms with Gasteiger partial charge in [-0.3, -0.25) is 0 Å². The van der Waals surface area contributed by atoms with Gasteiger partial charge in [0.25, 0.3) is 0 Å². The number of esters is 1. The summed E-state index contributed by atoms with van der Waals surface area (Å²) in [5.74, 6) is -0.302. The maximum absolute atomic E-state index is 12.1. The number of methoxy groups -OCH3 is 1. The summed E-state index contributed by atoms with van der Waals surface area (Å²) in [6.07, 6.45) is 6.60. The van der Waals surface area contributed by atoms with Crippen molar-refractivity contribution < 1.29 is 9.53 Å². The number of nitrogens with zero attached hydrogens (tertiary/aromatic N) is 1. The molecule has 4 nitrogen and oxygen atoms in total. The molecule has 6 heteroatoms. The molecule has 118 valence electrons. The van der Waals surface area contributed by atoms with E-state index in [1.807, 2.05) is 4.90 Å². The van der Waals surface area contributed by atoms with Gasteiger partial charge in [0.1, 0.15) is 5.00 Å². The first-order valence-electron chi connectivity index (χ1n) is 7.13. The van der Waals surface area contributed by atoms with Gasteiger partial charge in [-0.05, 0) is 37.0 Å². The van der Waals surface area contributed by atoms with Gasteiger partial charge < -0.3 is 15.0 Å². The van der Waals surface area contributed by atoms with E-state index >= 15 is 0 Å². The minimum atomic E-state index is -0.302. The Kier molecular flexibility index (Phi) is 5.74. The number of thiophene rings is 1. The summed E-state index contributed by atoms with van der Waals surface area (Å²) in [4.78, 5) is 15.3. The molecule has 1 N–H and O–H groups in total. The fraction of sp³-hybridized carbons (Fsp3) is 0.375. The third-order valence-corrected chi connectivity index (χ3v) is 5.08. The number of fused-ring (bicyclic) bond motifs is 1. The number of carbonyl (C=O) groups excluding carboxylic acids is 1. The molecule has 2 rings (SSSR count). The number of hydrogen-bond acceptors (Lipinski definition) is 4. The number of ether oxygens (including phenoxy) is 1. The molecule has 0 saturated carbocycles. The Labute approximate surface area is 140 Å². The van der Waals surface area contributed by atoms with Crippen molar-refractivity contribution >= 4 is 39.6 Å². The highest BCUT2D eigenvalue weighted by Crippen LogP contribution is 2.39. The lowest BCUT2D eigenvalue weighted by Gasteiger charge is -2.22. The number of anilines is 1. The number of hydrogen-bond donors (Lipinski definition) is 1. The molecule has 0 bridgehead atoms. The summed E-state index contributed by atoms with van der Waals surface area (Å²) >= 11 is 7.05. The summed E-state index contributed by atoms with van der Waals surface area (Å²) < 4.78 is 4.94. The van der Waals surface area contributed by atoms with E-state index in [2.05, 4.69) is 18.5 Å². The smallest absolute Gasteiger partial charge is 0.341 e. The third-order valence-electron chi connectivity index (χ3n) is 3.52. The number of aryl methyl sites for hydroxylation is 1. The largest absolute Gasteiger partial charge is 0.465 e. The van der Waals surface area contributed by atoms with Crippen molar-refractivity contribution in [2.24, 2.45) is 0 Å². The zero-order chi connectivity index (χ0) is 16.1. The predicted octanol–water partition coefficient (Wildman–Crippen LogP) is 3.39. The first-order chi connectivity index (χ1) is 10.6. The summed E-state index contributed by atoms with van der Waals surface area (Å²) in [5, 5.41) is 4.54. The molecule has 0 spiro atoms. The summed E-state index contributed by atoms with van der Waals surface area (Å²) in [6, 6.07) is 0. The second kappa shape index (κ2) is 7.56. The average Bonchev–Trinajstić information content (AvgIpc) is 3.06.